The number of nitrogens with zero attached hydrogens (tertiary/aromatic N) is 1. The van der Waals surface area contributed by atoms with Gasteiger partial charge in [0.2, 0.25) is 5.91 Å². The lowest BCUT2D eigenvalue weighted by atomic mass is 10.1. The number of nitrogens with one attached hydrogen (secondary N) is 1. The molecule has 11 heavy (non-hydrogen) atoms. The third kappa shape index (κ3) is 1.17. The van der Waals surface area contributed by atoms with Gasteiger partial charge in [0.1, 0.15) is 12.7 Å². The van der Waals surface area contributed by atoms with Crippen molar-refractivity contribution in [3.05, 3.63) is 11.9 Å². The van der Waals surface area contributed by atoms with Crippen LogP contribution in [0.15, 0.2) is 16.9 Å². The number of hydrogen-bond donors (Lipinski definition) is 1. The predicted octanol–water partition coefficient (Wildman–Crippen LogP) is -0.183. The molecule has 2 aliphatic rings. The third-order valence-corrected chi connectivity index (χ3v) is 1.68. The quantitative estimate of drug-likeness (QED) is 0.523. The molecule has 1 saturated heterocycles. The maximum Gasteiger partial charge on any atom is 0.250 e. The van der Waals surface area contributed by atoms with Crippen LogP contribution in [0.2, 0.25) is 0 Å². The largest absolute Gasteiger partial charge is 0.362 e. The van der Waals surface area contributed by atoms with Crippen molar-refractivity contribution in [2.24, 2.45) is 4.99 Å². The van der Waals surface area contributed by atoms with Crippen molar-refractivity contribution in [1.82, 2.24) is 5.32 Å². The Morgan fingerprint density at radius 1 is 1.73 bits per heavy atom. The van der Waals surface area contributed by atoms with Gasteiger partial charge in [0.25, 0.3) is 0 Å². The van der Waals surface area contributed by atoms with Crippen LogP contribution in [-0.4, -0.2) is 24.8 Å². The lowest BCUT2D eigenvalue weighted by molar-refractivity contribution is -0.130. The monoisotopic (exact) mass is 152 g/mol. The van der Waals surface area contributed by atoms with Gasteiger partial charge in [0.15, 0.2) is 0 Å². The second-order valence-corrected chi connectivity index (χ2v) is 2.50. The number of fused-ring (bicyclic) bond motifs is 1. The smallest absolute Gasteiger partial charge is 0.250 e. The number of hydrogen-bond acceptors (Lipinski definition) is 3. The van der Waals surface area contributed by atoms with E-state index in [9.17, 15) is 4.79 Å². The van der Waals surface area contributed by atoms with E-state index in [2.05, 4.69) is 10.3 Å². The zero-order valence-corrected chi connectivity index (χ0v) is 5.91. The summed E-state index contributed by atoms with van der Waals surface area (Å²) >= 11 is 0. The number of amides is 1. The van der Waals surface area contributed by atoms with Crippen molar-refractivity contribution in [3.8, 4) is 0 Å². The third-order valence-electron chi connectivity index (χ3n) is 1.68. The summed E-state index contributed by atoms with van der Waals surface area (Å²) in [5.74, 6) is -0.0930. The molecule has 0 aromatic rings. The van der Waals surface area contributed by atoms with Gasteiger partial charge in [-0.15, -0.1) is 0 Å². The molecule has 0 bridgehead atoms. The fraction of sp³-hybridized carbons (Fsp3) is 0.429. The molecule has 1 N–H and O–H groups in total. The maximum absolute atomic E-state index is 10.8. The van der Waals surface area contributed by atoms with Crippen LogP contribution in [0.25, 0.3) is 0 Å². The second kappa shape index (κ2) is 2.47. The highest BCUT2D eigenvalue weighted by Gasteiger charge is 2.24. The molecular weight excluding hydrogens is 144 g/mol. The number of carbonyl (C=O) groups is 1. The molecule has 0 aromatic heterocycles. The molecule has 2 rings (SSSR count). The number of aliphatic imine (C=N–C) groups is 1. The van der Waals surface area contributed by atoms with E-state index >= 15 is 0 Å². The van der Waals surface area contributed by atoms with E-state index in [1.807, 2.05) is 0 Å². The Labute approximate surface area is 63.9 Å². The summed E-state index contributed by atoms with van der Waals surface area (Å²) in [6.07, 6.45) is 4.19. The SMILES string of the molecule is O=C1COC2CC=NC=C2N1. The first-order valence-electron chi connectivity index (χ1n) is 3.49. The van der Waals surface area contributed by atoms with Crippen LogP contribution >= 0.6 is 0 Å². The summed E-state index contributed by atoms with van der Waals surface area (Å²) in [6.45, 7) is 0.163. The normalized spacial score (nSPS) is 28.9. The maximum atomic E-state index is 10.8. The van der Waals surface area contributed by atoms with Crippen LogP contribution in [0.3, 0.4) is 0 Å². The molecule has 1 atom stereocenters. The van der Waals surface area contributed by atoms with Gasteiger partial charge in [-0.05, 0) is 0 Å². The molecule has 0 radical (unpaired) electrons. The Morgan fingerprint density at radius 2 is 2.64 bits per heavy atom. The van der Waals surface area contributed by atoms with Crippen LogP contribution < -0.4 is 5.32 Å². The Morgan fingerprint density at radius 3 is 3.55 bits per heavy atom. The number of rotatable bonds is 0. The zero-order chi connectivity index (χ0) is 7.68. The van der Waals surface area contributed by atoms with Gasteiger partial charge < -0.3 is 10.1 Å². The summed E-state index contributed by atoms with van der Waals surface area (Å²) in [4.78, 5) is 14.7. The fourth-order valence-electron chi connectivity index (χ4n) is 1.14. The van der Waals surface area contributed by atoms with E-state index in [0.29, 0.717) is 0 Å². The van der Waals surface area contributed by atoms with Crippen LogP contribution in [0.5, 0.6) is 0 Å². The van der Waals surface area contributed by atoms with E-state index in [-0.39, 0.29) is 18.6 Å². The summed E-state index contributed by atoms with van der Waals surface area (Å²) in [5.41, 5.74) is 0.781. The highest BCUT2D eigenvalue weighted by Crippen LogP contribution is 2.14. The minimum atomic E-state index is -0.0930. The number of carbonyl (C=O) groups excluding carboxylic acids is 1. The minimum Gasteiger partial charge on any atom is -0.362 e. The Kier molecular flexibility index (Phi) is 1.47. The topological polar surface area (TPSA) is 50.7 Å². The zero-order valence-electron chi connectivity index (χ0n) is 5.91. The fourth-order valence-corrected chi connectivity index (χ4v) is 1.14. The van der Waals surface area contributed by atoms with Crippen LogP contribution in [-0.2, 0) is 9.53 Å². The van der Waals surface area contributed by atoms with Gasteiger partial charge in [-0.1, -0.05) is 0 Å². The highest BCUT2D eigenvalue weighted by atomic mass is 16.5. The van der Waals surface area contributed by atoms with Crippen molar-refractivity contribution in [1.29, 1.82) is 0 Å². The molecule has 58 valence electrons. The minimum absolute atomic E-state index is 0.0187. The molecule has 0 aliphatic carbocycles. The predicted molar refractivity (Wildman–Crippen MR) is 39.1 cm³/mol. The summed E-state index contributed by atoms with van der Waals surface area (Å²) in [6, 6.07) is 0. The van der Waals surface area contributed by atoms with Crippen molar-refractivity contribution < 1.29 is 9.53 Å². The summed E-state index contributed by atoms with van der Waals surface area (Å²) in [5, 5.41) is 2.70. The van der Waals surface area contributed by atoms with Gasteiger partial charge in [-0.2, -0.15) is 0 Å². The number of ether oxygens (including phenoxy) is 1. The molecule has 0 saturated carbocycles. The van der Waals surface area contributed by atoms with Gasteiger partial charge in [-0.25, -0.2) is 0 Å². The van der Waals surface area contributed by atoms with Gasteiger partial charge in [0, 0.05) is 18.8 Å². The van der Waals surface area contributed by atoms with Gasteiger partial charge in [-0.3, -0.25) is 9.79 Å². The van der Waals surface area contributed by atoms with Crippen molar-refractivity contribution in [2.75, 3.05) is 6.61 Å². The second-order valence-electron chi connectivity index (χ2n) is 2.50. The molecule has 1 unspecified atom stereocenters. The van der Waals surface area contributed by atoms with E-state index < -0.39 is 0 Å². The van der Waals surface area contributed by atoms with Gasteiger partial charge >= 0.3 is 0 Å². The van der Waals surface area contributed by atoms with Crippen LogP contribution in [0.4, 0.5) is 0 Å². The standard InChI is InChI=1S/C7H8N2O2/c10-7-4-11-6-1-2-8-3-5(6)9-7/h2-3,6H,1,4H2,(H,9,10). The van der Waals surface area contributed by atoms with Crippen molar-refractivity contribution >= 4 is 12.1 Å². The van der Waals surface area contributed by atoms with Crippen LogP contribution in [0, 0.1) is 0 Å². The lowest BCUT2D eigenvalue weighted by Crippen LogP contribution is -2.41. The first-order valence-corrected chi connectivity index (χ1v) is 3.49. The van der Waals surface area contributed by atoms with Gasteiger partial charge in [0.05, 0.1) is 5.70 Å². The highest BCUT2D eigenvalue weighted by molar-refractivity contribution is 5.81. The molecule has 2 aliphatic heterocycles. The average molecular weight is 152 g/mol. The van der Waals surface area contributed by atoms with E-state index in [1.54, 1.807) is 12.4 Å². The van der Waals surface area contributed by atoms with E-state index in [1.165, 1.54) is 0 Å². The Balaban J connectivity index is 2.18. The van der Waals surface area contributed by atoms with Crippen LogP contribution in [0.1, 0.15) is 6.42 Å². The van der Waals surface area contributed by atoms with Crippen molar-refractivity contribution in [2.45, 2.75) is 12.5 Å². The molecule has 1 fully saturated rings. The molecule has 0 spiro atoms. The molecule has 1 amide bonds. The lowest BCUT2D eigenvalue weighted by Gasteiger charge is -2.26. The van der Waals surface area contributed by atoms with E-state index in [0.717, 1.165) is 12.1 Å². The molecule has 2 heterocycles. The number of morpholine rings is 1. The average Bonchev–Trinajstić information content (AvgIpc) is 2.04. The Bertz CT molecular complexity index is 245. The molecule has 0 aromatic carbocycles. The Hall–Kier alpha value is -1.16. The summed E-state index contributed by atoms with van der Waals surface area (Å²) < 4.78 is 5.22. The molecular formula is C7H8N2O2. The van der Waals surface area contributed by atoms with E-state index in [4.69, 9.17) is 4.74 Å². The first-order chi connectivity index (χ1) is 5.36. The first kappa shape index (κ1) is 6.54. The molecule has 4 heteroatoms. The molecule has 4 nitrogen and oxygen atoms in total. The summed E-state index contributed by atoms with van der Waals surface area (Å²) in [7, 11) is 0. The van der Waals surface area contributed by atoms with Crippen molar-refractivity contribution in [3.63, 3.8) is 0 Å².